The normalized spacial score (nSPS) is 13.0. The lowest BCUT2D eigenvalue weighted by Crippen LogP contribution is -2.34. The number of carbonyl (C=O) groups excluding carboxylic acids is 2. The summed E-state index contributed by atoms with van der Waals surface area (Å²) in [7, 11) is 0. The number of carbonyl (C=O) groups is 2. The van der Waals surface area contributed by atoms with E-state index in [-0.39, 0.29) is 24.2 Å². The molecule has 0 spiro atoms. The molecule has 7 heteroatoms. The van der Waals surface area contributed by atoms with Crippen molar-refractivity contribution in [2.75, 3.05) is 16.8 Å². The van der Waals surface area contributed by atoms with Gasteiger partial charge in [0, 0.05) is 29.2 Å². The zero-order valence-corrected chi connectivity index (χ0v) is 16.5. The first-order chi connectivity index (χ1) is 12.6. The maximum atomic E-state index is 12.4. The fraction of sp³-hybridized carbons (Fsp3) is 0.300. The van der Waals surface area contributed by atoms with Crippen LogP contribution in [0.1, 0.15) is 30.4 Å². The third kappa shape index (κ3) is 5.45. The topological polar surface area (TPSA) is 75.4 Å². The molecule has 2 aromatic carbocycles. The molecule has 0 radical (unpaired) electrons. The van der Waals surface area contributed by atoms with E-state index in [0.29, 0.717) is 43.8 Å². The van der Waals surface area contributed by atoms with E-state index >= 15 is 0 Å². The summed E-state index contributed by atoms with van der Waals surface area (Å²) in [5.74, 6) is 0.0625. The number of nitrogens with zero attached hydrogens (tertiary/aromatic N) is 1. The second-order valence-electron chi connectivity index (χ2n) is 6.39. The molecular weight excluding hydrogens is 385 g/mol. The molecule has 0 aromatic heterocycles. The van der Waals surface area contributed by atoms with Crippen molar-refractivity contribution in [1.82, 2.24) is 0 Å². The smallest absolute Gasteiger partial charge is 0.227 e. The molecule has 3 rings (SSSR count). The van der Waals surface area contributed by atoms with Crippen LogP contribution in [-0.4, -0.2) is 18.4 Å². The Morgan fingerprint density at radius 1 is 1.15 bits per heavy atom. The van der Waals surface area contributed by atoms with Crippen LogP contribution >= 0.6 is 24.0 Å². The third-order valence-electron chi connectivity index (χ3n) is 4.43. The van der Waals surface area contributed by atoms with Crippen LogP contribution in [0.3, 0.4) is 0 Å². The molecule has 27 heavy (non-hydrogen) atoms. The van der Waals surface area contributed by atoms with Gasteiger partial charge in [-0.25, -0.2) is 0 Å². The maximum absolute atomic E-state index is 12.4. The molecule has 144 valence electrons. The van der Waals surface area contributed by atoms with E-state index in [1.54, 1.807) is 4.90 Å². The second kappa shape index (κ2) is 9.74. The van der Waals surface area contributed by atoms with Crippen molar-refractivity contribution in [2.45, 2.75) is 32.2 Å². The Kier molecular flexibility index (Phi) is 7.66. The summed E-state index contributed by atoms with van der Waals surface area (Å²) in [4.78, 5) is 26.1. The van der Waals surface area contributed by atoms with Gasteiger partial charge >= 0.3 is 0 Å². The molecule has 1 aliphatic rings. The van der Waals surface area contributed by atoms with Crippen LogP contribution in [0, 0.1) is 0 Å². The average molecular weight is 408 g/mol. The van der Waals surface area contributed by atoms with Crippen LogP contribution in [-0.2, 0) is 22.6 Å². The van der Waals surface area contributed by atoms with Crippen molar-refractivity contribution in [2.24, 2.45) is 5.73 Å². The number of rotatable bonds is 6. The molecule has 2 amide bonds. The van der Waals surface area contributed by atoms with Crippen LogP contribution in [0.25, 0.3) is 0 Å². The van der Waals surface area contributed by atoms with Gasteiger partial charge < -0.3 is 16.0 Å². The van der Waals surface area contributed by atoms with Crippen molar-refractivity contribution in [3.8, 4) is 0 Å². The minimum absolute atomic E-state index is 0. The van der Waals surface area contributed by atoms with Gasteiger partial charge in [0.15, 0.2) is 0 Å². The van der Waals surface area contributed by atoms with Crippen LogP contribution in [0.5, 0.6) is 0 Å². The van der Waals surface area contributed by atoms with Gasteiger partial charge in [0.1, 0.15) is 0 Å². The zero-order valence-electron chi connectivity index (χ0n) is 14.9. The predicted octanol–water partition coefficient (Wildman–Crippen LogP) is 3.92. The average Bonchev–Trinajstić information content (AvgIpc) is 2.64. The van der Waals surface area contributed by atoms with Crippen molar-refractivity contribution < 1.29 is 9.59 Å². The quantitative estimate of drug-likeness (QED) is 0.761. The van der Waals surface area contributed by atoms with Gasteiger partial charge in [-0.2, -0.15) is 0 Å². The lowest BCUT2D eigenvalue weighted by molar-refractivity contribution is -0.119. The number of aryl methyl sites for hydroxylation is 1. The van der Waals surface area contributed by atoms with Gasteiger partial charge in [-0.15, -0.1) is 12.4 Å². The Hall–Kier alpha value is -2.08. The number of anilines is 2. The maximum Gasteiger partial charge on any atom is 0.227 e. The van der Waals surface area contributed by atoms with Crippen molar-refractivity contribution in [1.29, 1.82) is 0 Å². The Morgan fingerprint density at radius 2 is 1.89 bits per heavy atom. The van der Waals surface area contributed by atoms with Crippen molar-refractivity contribution in [3.05, 3.63) is 58.6 Å². The summed E-state index contributed by atoms with van der Waals surface area (Å²) in [6.07, 6.45) is 2.22. The highest BCUT2D eigenvalue weighted by Crippen LogP contribution is 2.31. The molecule has 0 saturated carbocycles. The SMILES string of the molecule is Cl.NCCCC(=O)Nc1ccc2c(c1)CCC(=O)N2Cc1ccc(Cl)cc1. The van der Waals surface area contributed by atoms with E-state index in [4.69, 9.17) is 17.3 Å². The molecule has 5 nitrogen and oxygen atoms in total. The van der Waals surface area contributed by atoms with E-state index < -0.39 is 0 Å². The van der Waals surface area contributed by atoms with E-state index in [2.05, 4.69) is 5.32 Å². The Morgan fingerprint density at radius 3 is 2.59 bits per heavy atom. The molecule has 0 fully saturated rings. The monoisotopic (exact) mass is 407 g/mol. The number of hydrogen-bond donors (Lipinski definition) is 2. The number of fused-ring (bicyclic) bond motifs is 1. The largest absolute Gasteiger partial charge is 0.330 e. The molecule has 2 aromatic rings. The first-order valence-corrected chi connectivity index (χ1v) is 9.12. The number of amides is 2. The van der Waals surface area contributed by atoms with Gasteiger partial charge in [0.25, 0.3) is 0 Å². The number of hydrogen-bond acceptors (Lipinski definition) is 3. The Bertz CT molecular complexity index is 809. The number of nitrogens with two attached hydrogens (primary N) is 1. The molecule has 1 heterocycles. The lowest BCUT2D eigenvalue weighted by atomic mass is 9.99. The summed E-state index contributed by atoms with van der Waals surface area (Å²) in [6, 6.07) is 13.2. The summed E-state index contributed by atoms with van der Waals surface area (Å²) >= 11 is 5.93. The highest BCUT2D eigenvalue weighted by molar-refractivity contribution is 6.30. The molecule has 0 unspecified atom stereocenters. The first kappa shape index (κ1) is 21.2. The van der Waals surface area contributed by atoms with Gasteiger partial charge in [0.2, 0.25) is 11.8 Å². The molecule has 3 N–H and O–H groups in total. The molecule has 1 aliphatic heterocycles. The fourth-order valence-electron chi connectivity index (χ4n) is 3.07. The van der Waals surface area contributed by atoms with Crippen molar-refractivity contribution >= 4 is 47.2 Å². The van der Waals surface area contributed by atoms with Gasteiger partial charge in [-0.3, -0.25) is 9.59 Å². The van der Waals surface area contributed by atoms with E-state index in [1.807, 2.05) is 42.5 Å². The summed E-state index contributed by atoms with van der Waals surface area (Å²) in [5.41, 5.74) is 9.18. The summed E-state index contributed by atoms with van der Waals surface area (Å²) < 4.78 is 0. The van der Waals surface area contributed by atoms with Crippen LogP contribution in [0.4, 0.5) is 11.4 Å². The highest BCUT2D eigenvalue weighted by atomic mass is 35.5. The Labute approximate surface area is 170 Å². The summed E-state index contributed by atoms with van der Waals surface area (Å²) in [5, 5.41) is 3.57. The minimum Gasteiger partial charge on any atom is -0.330 e. The minimum atomic E-state index is -0.0414. The van der Waals surface area contributed by atoms with Gasteiger partial charge in [-0.1, -0.05) is 23.7 Å². The number of halogens is 2. The molecule has 0 bridgehead atoms. The van der Waals surface area contributed by atoms with Gasteiger partial charge in [0.05, 0.1) is 6.54 Å². The predicted molar refractivity (Wildman–Crippen MR) is 112 cm³/mol. The lowest BCUT2D eigenvalue weighted by Gasteiger charge is -2.30. The first-order valence-electron chi connectivity index (χ1n) is 8.74. The van der Waals surface area contributed by atoms with E-state index in [1.165, 1.54) is 0 Å². The second-order valence-corrected chi connectivity index (χ2v) is 6.83. The van der Waals surface area contributed by atoms with Gasteiger partial charge in [-0.05, 0) is 60.8 Å². The third-order valence-corrected chi connectivity index (χ3v) is 4.68. The number of nitrogens with one attached hydrogen (secondary N) is 1. The molecule has 0 aliphatic carbocycles. The molecular formula is C20H23Cl2N3O2. The number of benzene rings is 2. The Balaban J connectivity index is 0.00000261. The molecule has 0 saturated heterocycles. The van der Waals surface area contributed by atoms with Crippen molar-refractivity contribution in [3.63, 3.8) is 0 Å². The standard InChI is InChI=1S/C20H22ClN3O2.ClH/c21-16-6-3-14(4-7-16)13-24-18-9-8-17(23-19(25)2-1-11-22)12-15(18)5-10-20(24)26;/h3-4,6-9,12H,1-2,5,10-11,13,22H2,(H,23,25);1H. The zero-order chi connectivity index (χ0) is 18.5. The van der Waals surface area contributed by atoms with Crippen LogP contribution in [0.2, 0.25) is 5.02 Å². The van der Waals surface area contributed by atoms with E-state index in [0.717, 1.165) is 22.5 Å². The fourth-order valence-corrected chi connectivity index (χ4v) is 3.20. The van der Waals surface area contributed by atoms with Crippen LogP contribution in [0.15, 0.2) is 42.5 Å². The summed E-state index contributed by atoms with van der Waals surface area (Å²) in [6.45, 7) is 1.00. The van der Waals surface area contributed by atoms with E-state index in [9.17, 15) is 9.59 Å². The molecule has 0 atom stereocenters. The van der Waals surface area contributed by atoms with Crippen LogP contribution < -0.4 is 16.0 Å². The highest BCUT2D eigenvalue weighted by Gasteiger charge is 2.24.